The van der Waals surface area contributed by atoms with Crippen molar-refractivity contribution in [3.8, 4) is 0 Å². The maximum atomic E-state index is 12.3. The highest BCUT2D eigenvalue weighted by atomic mass is 35.5. The van der Waals surface area contributed by atoms with Crippen molar-refractivity contribution in [3.05, 3.63) is 51.2 Å². The number of halogens is 1. The molecule has 0 aliphatic carbocycles. The maximum absolute atomic E-state index is 12.3. The van der Waals surface area contributed by atoms with E-state index in [4.69, 9.17) is 16.3 Å². The molecule has 1 aliphatic rings. The molecule has 2 heterocycles. The second kappa shape index (κ2) is 8.20. The van der Waals surface area contributed by atoms with E-state index in [0.29, 0.717) is 30.5 Å². The lowest BCUT2D eigenvalue weighted by atomic mass is 9.75. The molecule has 26 heavy (non-hydrogen) atoms. The van der Waals surface area contributed by atoms with Crippen molar-refractivity contribution in [2.75, 3.05) is 25.1 Å². The van der Waals surface area contributed by atoms with E-state index >= 15 is 0 Å². The number of hydrogen-bond donors (Lipinski definition) is 2. The summed E-state index contributed by atoms with van der Waals surface area (Å²) in [5.41, 5.74) is 2.28. The Hall–Kier alpha value is -1.89. The number of rotatable bonds is 4. The van der Waals surface area contributed by atoms with Crippen LogP contribution in [0.1, 0.15) is 24.0 Å². The van der Waals surface area contributed by atoms with E-state index in [1.807, 2.05) is 5.38 Å². The van der Waals surface area contributed by atoms with E-state index in [2.05, 4.69) is 22.1 Å². The standard InChI is InChI=1S/C19H21ClN2O3S/c1-13-15(20)3-2-4-16(13)22-18(24)17(23)21-12-19(6-8-25-9-7-19)14-5-10-26-11-14/h2-5,10-11H,6-9,12H2,1H3,(H,21,23)(H,22,24). The van der Waals surface area contributed by atoms with Gasteiger partial charge >= 0.3 is 11.8 Å². The Bertz CT molecular complexity index is 786. The number of benzene rings is 1. The molecular formula is C19H21ClN2O3S. The van der Waals surface area contributed by atoms with Crippen LogP contribution in [0.25, 0.3) is 0 Å². The first-order valence-corrected chi connectivity index (χ1v) is 9.79. The van der Waals surface area contributed by atoms with Gasteiger partial charge < -0.3 is 15.4 Å². The van der Waals surface area contributed by atoms with Crippen molar-refractivity contribution in [2.24, 2.45) is 0 Å². The number of nitrogens with one attached hydrogen (secondary N) is 2. The predicted octanol–water partition coefficient (Wildman–Crippen LogP) is 3.51. The van der Waals surface area contributed by atoms with Gasteiger partial charge in [0, 0.05) is 35.9 Å². The molecular weight excluding hydrogens is 372 g/mol. The second-order valence-corrected chi connectivity index (χ2v) is 7.64. The fourth-order valence-corrected chi connectivity index (χ4v) is 4.10. The van der Waals surface area contributed by atoms with Crippen LogP contribution in [0.3, 0.4) is 0 Å². The fraction of sp³-hybridized carbons (Fsp3) is 0.368. The van der Waals surface area contributed by atoms with Gasteiger partial charge in [-0.2, -0.15) is 11.3 Å². The number of hydrogen-bond acceptors (Lipinski definition) is 4. The second-order valence-electron chi connectivity index (χ2n) is 6.45. The summed E-state index contributed by atoms with van der Waals surface area (Å²) in [5.74, 6) is -1.34. The van der Waals surface area contributed by atoms with E-state index in [1.54, 1.807) is 36.5 Å². The Kier molecular flexibility index (Phi) is 5.96. The molecule has 1 aromatic heterocycles. The van der Waals surface area contributed by atoms with E-state index in [1.165, 1.54) is 5.56 Å². The summed E-state index contributed by atoms with van der Waals surface area (Å²) in [7, 11) is 0. The van der Waals surface area contributed by atoms with Crippen molar-refractivity contribution in [2.45, 2.75) is 25.2 Å². The smallest absolute Gasteiger partial charge is 0.313 e. The van der Waals surface area contributed by atoms with E-state index in [-0.39, 0.29) is 5.41 Å². The first-order valence-electron chi connectivity index (χ1n) is 8.46. The van der Waals surface area contributed by atoms with Crippen LogP contribution < -0.4 is 10.6 Å². The molecule has 1 fully saturated rings. The highest BCUT2D eigenvalue weighted by Gasteiger charge is 2.35. The monoisotopic (exact) mass is 392 g/mol. The van der Waals surface area contributed by atoms with Gasteiger partial charge in [-0.3, -0.25) is 9.59 Å². The lowest BCUT2D eigenvalue weighted by Crippen LogP contribution is -2.47. The zero-order valence-electron chi connectivity index (χ0n) is 14.5. The first kappa shape index (κ1) is 18.9. The molecule has 3 rings (SSSR count). The number of anilines is 1. The van der Waals surface area contributed by atoms with Crippen LogP contribution in [0.15, 0.2) is 35.0 Å². The van der Waals surface area contributed by atoms with Crippen LogP contribution in [0.2, 0.25) is 5.02 Å². The zero-order valence-corrected chi connectivity index (χ0v) is 16.1. The summed E-state index contributed by atoms with van der Waals surface area (Å²) in [6, 6.07) is 7.27. The minimum atomic E-state index is -0.692. The number of thiophene rings is 1. The Morgan fingerprint density at radius 2 is 2.00 bits per heavy atom. The number of amides is 2. The molecule has 0 atom stereocenters. The quantitative estimate of drug-likeness (QED) is 0.782. The first-order chi connectivity index (χ1) is 12.5. The predicted molar refractivity (Wildman–Crippen MR) is 104 cm³/mol. The van der Waals surface area contributed by atoms with Crippen LogP contribution >= 0.6 is 22.9 Å². The molecule has 1 saturated heterocycles. The van der Waals surface area contributed by atoms with Gasteiger partial charge in [-0.05, 0) is 59.9 Å². The van der Waals surface area contributed by atoms with Crippen molar-refractivity contribution in [1.29, 1.82) is 0 Å². The van der Waals surface area contributed by atoms with Gasteiger partial charge in [0.2, 0.25) is 0 Å². The summed E-state index contributed by atoms with van der Waals surface area (Å²) in [5, 5.41) is 10.1. The molecule has 138 valence electrons. The third-order valence-corrected chi connectivity index (χ3v) is 5.99. The molecule has 1 aliphatic heterocycles. The van der Waals surface area contributed by atoms with Crippen molar-refractivity contribution in [1.82, 2.24) is 5.32 Å². The van der Waals surface area contributed by atoms with E-state index < -0.39 is 11.8 Å². The number of ether oxygens (including phenoxy) is 1. The van der Waals surface area contributed by atoms with Gasteiger partial charge in [-0.25, -0.2) is 0 Å². The van der Waals surface area contributed by atoms with Crippen LogP contribution in [0.4, 0.5) is 5.69 Å². The normalized spacial score (nSPS) is 16.1. The Labute approximate surface area is 161 Å². The SMILES string of the molecule is Cc1c(Cl)cccc1NC(=O)C(=O)NCC1(c2ccsc2)CCOCC1. The molecule has 0 bridgehead atoms. The molecule has 0 saturated carbocycles. The summed E-state index contributed by atoms with van der Waals surface area (Å²) >= 11 is 7.68. The molecule has 0 radical (unpaired) electrons. The minimum Gasteiger partial charge on any atom is -0.381 e. The van der Waals surface area contributed by atoms with Gasteiger partial charge in [0.05, 0.1) is 0 Å². The highest BCUT2D eigenvalue weighted by Crippen LogP contribution is 2.35. The van der Waals surface area contributed by atoms with Crippen molar-refractivity contribution in [3.63, 3.8) is 0 Å². The number of carbonyl (C=O) groups excluding carboxylic acids is 2. The van der Waals surface area contributed by atoms with Crippen molar-refractivity contribution >= 4 is 40.4 Å². The van der Waals surface area contributed by atoms with Gasteiger partial charge in [-0.1, -0.05) is 17.7 Å². The van der Waals surface area contributed by atoms with Crippen LogP contribution in [0, 0.1) is 6.92 Å². The Morgan fingerprint density at radius 1 is 1.23 bits per heavy atom. The van der Waals surface area contributed by atoms with Crippen LogP contribution in [0.5, 0.6) is 0 Å². The molecule has 2 aromatic rings. The largest absolute Gasteiger partial charge is 0.381 e. The topological polar surface area (TPSA) is 67.4 Å². The molecule has 5 nitrogen and oxygen atoms in total. The summed E-state index contributed by atoms with van der Waals surface area (Å²) in [4.78, 5) is 24.6. The average Bonchev–Trinajstić information content (AvgIpc) is 3.19. The Morgan fingerprint density at radius 3 is 2.69 bits per heavy atom. The summed E-state index contributed by atoms with van der Waals surface area (Å²) in [6.45, 7) is 3.51. The lowest BCUT2D eigenvalue weighted by molar-refractivity contribution is -0.136. The minimum absolute atomic E-state index is 0.180. The third-order valence-electron chi connectivity index (χ3n) is 4.89. The third kappa shape index (κ3) is 4.09. The van der Waals surface area contributed by atoms with E-state index in [0.717, 1.165) is 18.4 Å². The van der Waals surface area contributed by atoms with Gasteiger partial charge in [-0.15, -0.1) is 0 Å². The van der Waals surface area contributed by atoms with Gasteiger partial charge in [0.25, 0.3) is 0 Å². The van der Waals surface area contributed by atoms with Gasteiger partial charge in [0.1, 0.15) is 0 Å². The summed E-state index contributed by atoms with van der Waals surface area (Å²) < 4.78 is 5.48. The molecule has 2 amide bonds. The van der Waals surface area contributed by atoms with Crippen molar-refractivity contribution < 1.29 is 14.3 Å². The molecule has 0 spiro atoms. The van der Waals surface area contributed by atoms with E-state index in [9.17, 15) is 9.59 Å². The average molecular weight is 393 g/mol. The fourth-order valence-electron chi connectivity index (χ4n) is 3.15. The molecule has 1 aromatic carbocycles. The Balaban J connectivity index is 1.65. The highest BCUT2D eigenvalue weighted by molar-refractivity contribution is 7.08. The lowest BCUT2D eigenvalue weighted by Gasteiger charge is -2.37. The number of carbonyl (C=O) groups is 2. The maximum Gasteiger partial charge on any atom is 0.313 e. The van der Waals surface area contributed by atoms with Crippen LogP contribution in [-0.4, -0.2) is 31.6 Å². The van der Waals surface area contributed by atoms with Gasteiger partial charge in [0.15, 0.2) is 0 Å². The molecule has 2 N–H and O–H groups in total. The van der Waals surface area contributed by atoms with Crippen LogP contribution in [-0.2, 0) is 19.7 Å². The molecule has 7 heteroatoms. The molecule has 0 unspecified atom stereocenters. The zero-order chi connectivity index (χ0) is 18.6. The summed E-state index contributed by atoms with van der Waals surface area (Å²) in [6.07, 6.45) is 1.64.